The number of rotatable bonds is 6. The Morgan fingerprint density at radius 1 is 1.17 bits per heavy atom. The molecule has 0 saturated carbocycles. The fraction of sp³-hybridized carbons (Fsp3) is 0.357. The highest BCUT2D eigenvalue weighted by atomic mass is 19.4. The molecule has 0 aliphatic rings. The molecule has 0 fully saturated rings. The molecule has 126 valence electrons. The lowest BCUT2D eigenvalue weighted by atomic mass is 10.1. The molecule has 0 heterocycles. The fourth-order valence-corrected chi connectivity index (χ4v) is 1.65. The molecule has 9 heteroatoms. The number of hydrogen-bond acceptors (Lipinski definition) is 3. The first-order valence-corrected chi connectivity index (χ1v) is 6.48. The maximum absolute atomic E-state index is 11.9. The summed E-state index contributed by atoms with van der Waals surface area (Å²) in [7, 11) is 1.39. The molecule has 2 amide bonds. The Kier molecular flexibility index (Phi) is 6.11. The second kappa shape index (κ2) is 7.61. The number of carbonyl (C=O) groups excluding carboxylic acids is 2. The summed E-state index contributed by atoms with van der Waals surface area (Å²) in [6, 6.07) is 5.76. The van der Waals surface area contributed by atoms with Crippen LogP contribution in [0.15, 0.2) is 24.3 Å². The smallest absolute Gasteiger partial charge is 0.405 e. The molecule has 0 radical (unpaired) electrons. The zero-order chi connectivity index (χ0) is 17.6. The summed E-state index contributed by atoms with van der Waals surface area (Å²) in [5, 5.41) is 10.4. The van der Waals surface area contributed by atoms with Gasteiger partial charge in [0.1, 0.15) is 13.0 Å². The average molecular weight is 332 g/mol. The Bertz CT molecular complexity index is 585. The van der Waals surface area contributed by atoms with Gasteiger partial charge < -0.3 is 15.3 Å². The average Bonchev–Trinajstić information content (AvgIpc) is 2.45. The van der Waals surface area contributed by atoms with Crippen LogP contribution in [-0.2, 0) is 16.1 Å². The third kappa shape index (κ3) is 6.81. The maximum atomic E-state index is 11.9. The predicted octanol–water partition coefficient (Wildman–Crippen LogP) is 1.41. The van der Waals surface area contributed by atoms with Crippen LogP contribution in [0, 0.1) is 0 Å². The molecule has 1 rings (SSSR count). The van der Waals surface area contributed by atoms with Crippen molar-refractivity contribution in [2.75, 3.05) is 13.6 Å². The zero-order valence-corrected chi connectivity index (χ0v) is 12.2. The van der Waals surface area contributed by atoms with E-state index in [9.17, 15) is 27.6 Å². The van der Waals surface area contributed by atoms with Gasteiger partial charge in [0.25, 0.3) is 0 Å². The van der Waals surface area contributed by atoms with E-state index in [-0.39, 0.29) is 12.1 Å². The molecule has 0 atom stereocenters. The lowest BCUT2D eigenvalue weighted by molar-refractivity contribution is -0.143. The zero-order valence-electron chi connectivity index (χ0n) is 12.2. The number of carboxylic acid groups (broad SMARTS) is 1. The molecule has 1 aromatic rings. The summed E-state index contributed by atoms with van der Waals surface area (Å²) < 4.78 is 35.8. The van der Waals surface area contributed by atoms with Crippen LogP contribution in [0.25, 0.3) is 0 Å². The number of nitrogens with zero attached hydrogens (tertiary/aromatic N) is 1. The van der Waals surface area contributed by atoms with Crippen LogP contribution in [0.1, 0.15) is 22.3 Å². The highest BCUT2D eigenvalue weighted by molar-refractivity contribution is 5.96. The van der Waals surface area contributed by atoms with E-state index in [1.165, 1.54) is 36.2 Å². The van der Waals surface area contributed by atoms with Gasteiger partial charge in [-0.3, -0.25) is 9.59 Å². The predicted molar refractivity (Wildman–Crippen MR) is 73.6 cm³/mol. The third-order valence-corrected chi connectivity index (χ3v) is 2.84. The number of carboxylic acids is 1. The monoisotopic (exact) mass is 332 g/mol. The molecule has 6 nitrogen and oxygen atoms in total. The molecular weight excluding hydrogens is 317 g/mol. The van der Waals surface area contributed by atoms with E-state index in [0.29, 0.717) is 5.56 Å². The fourth-order valence-electron chi connectivity index (χ4n) is 1.65. The van der Waals surface area contributed by atoms with E-state index >= 15 is 0 Å². The van der Waals surface area contributed by atoms with Crippen molar-refractivity contribution in [1.29, 1.82) is 0 Å². The van der Waals surface area contributed by atoms with Crippen molar-refractivity contribution in [3.63, 3.8) is 0 Å². The molecule has 1 aromatic carbocycles. The van der Waals surface area contributed by atoms with E-state index in [0.717, 1.165) is 0 Å². The molecule has 0 aliphatic heterocycles. The topological polar surface area (TPSA) is 86.7 Å². The van der Waals surface area contributed by atoms with Crippen LogP contribution >= 0.6 is 0 Å². The van der Waals surface area contributed by atoms with Crippen molar-refractivity contribution in [2.24, 2.45) is 0 Å². The van der Waals surface area contributed by atoms with Crippen LogP contribution in [0.2, 0.25) is 0 Å². The number of carbonyl (C=O) groups is 3. The van der Waals surface area contributed by atoms with Gasteiger partial charge >= 0.3 is 12.1 Å². The van der Waals surface area contributed by atoms with Crippen LogP contribution in [0.5, 0.6) is 0 Å². The van der Waals surface area contributed by atoms with Gasteiger partial charge in [0.15, 0.2) is 0 Å². The summed E-state index contributed by atoms with van der Waals surface area (Å²) in [6.07, 6.45) is -5.23. The van der Waals surface area contributed by atoms with Crippen molar-refractivity contribution in [3.8, 4) is 0 Å². The number of hydrogen-bond donors (Lipinski definition) is 2. The van der Waals surface area contributed by atoms with E-state index in [4.69, 9.17) is 5.11 Å². The minimum absolute atomic E-state index is 0.0919. The summed E-state index contributed by atoms with van der Waals surface area (Å²) in [5.41, 5.74) is 0.718. The minimum atomic E-state index is -4.53. The second-order valence-corrected chi connectivity index (χ2v) is 4.82. The van der Waals surface area contributed by atoms with Crippen molar-refractivity contribution >= 4 is 17.8 Å². The normalized spacial score (nSPS) is 11.0. The van der Waals surface area contributed by atoms with Gasteiger partial charge in [0.2, 0.25) is 11.8 Å². The summed E-state index contributed by atoms with van der Waals surface area (Å²) in [4.78, 5) is 34.9. The number of halogens is 3. The van der Waals surface area contributed by atoms with E-state index < -0.39 is 36.9 Å². The summed E-state index contributed by atoms with van der Waals surface area (Å²) in [6.45, 7) is -1.38. The van der Waals surface area contributed by atoms with Gasteiger partial charge in [-0.05, 0) is 17.7 Å². The van der Waals surface area contributed by atoms with Crippen molar-refractivity contribution in [3.05, 3.63) is 35.4 Å². The van der Waals surface area contributed by atoms with Gasteiger partial charge in [-0.2, -0.15) is 13.2 Å². The van der Waals surface area contributed by atoms with Crippen LogP contribution < -0.4 is 5.32 Å². The molecule has 0 spiro atoms. The van der Waals surface area contributed by atoms with Gasteiger partial charge in [-0.15, -0.1) is 0 Å². The van der Waals surface area contributed by atoms with Gasteiger partial charge in [0, 0.05) is 13.6 Å². The van der Waals surface area contributed by atoms with Crippen LogP contribution in [-0.4, -0.2) is 47.6 Å². The van der Waals surface area contributed by atoms with E-state index in [2.05, 4.69) is 0 Å². The standard InChI is InChI=1S/C14H15F3N2O4/c1-19(7-9-2-4-10(5-3-9)13(22)23)12(21)6-11(20)18-8-14(15,16)17/h2-5H,6-8H2,1H3,(H,18,20)(H,22,23). The molecular formula is C14H15F3N2O4. The Labute approximate surface area is 129 Å². The Morgan fingerprint density at radius 2 is 1.74 bits per heavy atom. The Morgan fingerprint density at radius 3 is 2.22 bits per heavy atom. The van der Waals surface area contributed by atoms with Crippen molar-refractivity contribution in [2.45, 2.75) is 19.1 Å². The van der Waals surface area contributed by atoms with Gasteiger partial charge in [-0.25, -0.2) is 4.79 Å². The molecule has 0 aliphatic carbocycles. The van der Waals surface area contributed by atoms with E-state index in [1.807, 2.05) is 0 Å². The lowest BCUT2D eigenvalue weighted by Crippen LogP contribution is -2.37. The highest BCUT2D eigenvalue weighted by Gasteiger charge is 2.28. The second-order valence-electron chi connectivity index (χ2n) is 4.82. The summed E-state index contributed by atoms with van der Waals surface area (Å²) >= 11 is 0. The number of amides is 2. The summed E-state index contributed by atoms with van der Waals surface area (Å²) in [5.74, 6) is -2.74. The molecule has 0 aromatic heterocycles. The van der Waals surface area contributed by atoms with Crippen molar-refractivity contribution in [1.82, 2.24) is 10.2 Å². The van der Waals surface area contributed by atoms with Crippen LogP contribution in [0.3, 0.4) is 0 Å². The largest absolute Gasteiger partial charge is 0.478 e. The first kappa shape index (κ1) is 18.5. The van der Waals surface area contributed by atoms with Crippen LogP contribution in [0.4, 0.5) is 13.2 Å². The number of benzene rings is 1. The molecule has 0 saturated heterocycles. The molecule has 2 N–H and O–H groups in total. The molecule has 0 unspecified atom stereocenters. The van der Waals surface area contributed by atoms with Crippen molar-refractivity contribution < 1.29 is 32.7 Å². The number of aromatic carboxylic acids is 1. The Balaban J connectivity index is 2.50. The first-order valence-electron chi connectivity index (χ1n) is 6.48. The SMILES string of the molecule is CN(Cc1ccc(C(=O)O)cc1)C(=O)CC(=O)NCC(F)(F)F. The minimum Gasteiger partial charge on any atom is -0.478 e. The Hall–Kier alpha value is -2.58. The quantitative estimate of drug-likeness (QED) is 0.771. The molecule has 23 heavy (non-hydrogen) atoms. The number of alkyl halides is 3. The highest BCUT2D eigenvalue weighted by Crippen LogP contribution is 2.12. The maximum Gasteiger partial charge on any atom is 0.405 e. The van der Waals surface area contributed by atoms with E-state index in [1.54, 1.807) is 5.32 Å². The number of nitrogens with one attached hydrogen (secondary N) is 1. The first-order chi connectivity index (χ1) is 10.6. The third-order valence-electron chi connectivity index (χ3n) is 2.84. The van der Waals surface area contributed by atoms with Gasteiger partial charge in [0.05, 0.1) is 5.56 Å². The molecule has 0 bridgehead atoms. The van der Waals surface area contributed by atoms with Gasteiger partial charge in [-0.1, -0.05) is 12.1 Å². The lowest BCUT2D eigenvalue weighted by Gasteiger charge is -2.17.